The van der Waals surface area contributed by atoms with Crippen LogP contribution in [0.3, 0.4) is 0 Å². The van der Waals surface area contributed by atoms with Gasteiger partial charge in [-0.25, -0.2) is 8.42 Å². The lowest BCUT2D eigenvalue weighted by molar-refractivity contribution is -0.131. The number of carbonyl (C=O) groups excluding carboxylic acids is 3. The van der Waals surface area contributed by atoms with Gasteiger partial charge in [0.2, 0.25) is 21.8 Å². The fraction of sp³-hybridized carbons (Fsp3) is 0.559. The Labute approximate surface area is 268 Å². The molecule has 1 saturated heterocycles. The number of amides is 2. The molecule has 1 aliphatic rings. The van der Waals surface area contributed by atoms with Crippen molar-refractivity contribution in [2.24, 2.45) is 11.8 Å². The fourth-order valence-electron chi connectivity index (χ4n) is 5.51. The number of rotatable bonds is 17. The predicted molar refractivity (Wildman–Crippen MR) is 175 cm³/mol. The first-order valence-electron chi connectivity index (χ1n) is 16.0. The Bertz CT molecular complexity index is 1360. The normalized spacial score (nSPS) is 16.7. The van der Waals surface area contributed by atoms with Crippen molar-refractivity contribution in [1.29, 1.82) is 0 Å². The minimum absolute atomic E-state index is 0.0153. The number of aliphatic hydroxyl groups excluding tert-OH is 1. The van der Waals surface area contributed by atoms with E-state index < -0.39 is 34.1 Å². The Morgan fingerprint density at radius 3 is 2.11 bits per heavy atom. The molecule has 2 aromatic carbocycles. The van der Waals surface area contributed by atoms with Crippen molar-refractivity contribution in [3.05, 3.63) is 65.7 Å². The zero-order valence-corrected chi connectivity index (χ0v) is 28.1. The van der Waals surface area contributed by atoms with Gasteiger partial charge < -0.3 is 15.7 Å². The number of nitrogens with zero attached hydrogens (tertiary/aromatic N) is 2. The number of hydrogen-bond acceptors (Lipinski definition) is 7. The van der Waals surface area contributed by atoms with Gasteiger partial charge >= 0.3 is 0 Å². The van der Waals surface area contributed by atoms with Crippen LogP contribution in [0.4, 0.5) is 0 Å². The fourth-order valence-corrected chi connectivity index (χ4v) is 7.13. The number of ketones is 1. The molecule has 1 fully saturated rings. The molecule has 0 radical (unpaired) electrons. The molecule has 2 amide bonds. The quantitative estimate of drug-likeness (QED) is 0.226. The number of hydrogen-bond donors (Lipinski definition) is 3. The third kappa shape index (κ3) is 10.7. The average molecular weight is 643 g/mol. The third-order valence-electron chi connectivity index (χ3n) is 8.33. The topological polar surface area (TPSA) is 136 Å². The summed E-state index contributed by atoms with van der Waals surface area (Å²) in [6, 6.07) is 13.5. The van der Waals surface area contributed by atoms with Crippen molar-refractivity contribution in [1.82, 2.24) is 19.8 Å². The molecule has 0 aromatic heterocycles. The van der Waals surface area contributed by atoms with Gasteiger partial charge in [-0.05, 0) is 68.8 Å². The van der Waals surface area contributed by atoms with Crippen molar-refractivity contribution in [2.45, 2.75) is 83.4 Å². The van der Waals surface area contributed by atoms with E-state index >= 15 is 0 Å². The highest BCUT2D eigenvalue weighted by Gasteiger charge is 2.34. The molecule has 3 N–H and O–H groups in total. The number of likely N-dealkylation sites (tertiary alicyclic amines) is 1. The number of aliphatic hydroxyl groups is 1. The van der Waals surface area contributed by atoms with Crippen LogP contribution in [-0.4, -0.2) is 91.2 Å². The van der Waals surface area contributed by atoms with Crippen LogP contribution in [0.1, 0.15) is 69.8 Å². The van der Waals surface area contributed by atoms with Crippen LogP contribution >= 0.6 is 0 Å². The largest absolute Gasteiger partial charge is 0.390 e. The van der Waals surface area contributed by atoms with Gasteiger partial charge in [-0.15, -0.1) is 0 Å². The van der Waals surface area contributed by atoms with Crippen molar-refractivity contribution in [2.75, 3.05) is 32.7 Å². The van der Waals surface area contributed by atoms with E-state index in [0.29, 0.717) is 12.0 Å². The van der Waals surface area contributed by atoms with Gasteiger partial charge in [-0.1, -0.05) is 76.6 Å². The van der Waals surface area contributed by atoms with Gasteiger partial charge in [0.05, 0.1) is 23.6 Å². The number of carbonyl (C=O) groups is 3. The molecule has 0 saturated carbocycles. The number of sulfonamides is 1. The Kier molecular flexibility index (Phi) is 13.7. The minimum atomic E-state index is -4.04. The molecule has 4 atom stereocenters. The van der Waals surface area contributed by atoms with E-state index in [2.05, 4.69) is 15.5 Å². The Balaban J connectivity index is 1.86. The molecule has 10 nitrogen and oxygen atoms in total. The number of nitrogens with one attached hydrogen (secondary N) is 2. The Morgan fingerprint density at radius 2 is 1.56 bits per heavy atom. The van der Waals surface area contributed by atoms with E-state index in [9.17, 15) is 27.9 Å². The molecule has 248 valence electrons. The maximum Gasteiger partial charge on any atom is 0.243 e. The SMILES string of the molecule is CCC(C)[C@H](NC(=O)CN1CCCC1)C(=O)N[C@@H](Cc1ccccc1)[C@H](O)CN(CC(C)C)S(=O)(=O)c1ccc(C(C)=O)cc1. The van der Waals surface area contributed by atoms with Crippen LogP contribution in [-0.2, 0) is 26.0 Å². The lowest BCUT2D eigenvalue weighted by Crippen LogP contribution is -2.57. The molecule has 45 heavy (non-hydrogen) atoms. The molecule has 0 bridgehead atoms. The average Bonchev–Trinajstić information content (AvgIpc) is 3.52. The van der Waals surface area contributed by atoms with Crippen molar-refractivity contribution in [3.63, 3.8) is 0 Å². The molecule has 3 rings (SSSR count). The predicted octanol–water partition coefficient (Wildman–Crippen LogP) is 3.25. The summed E-state index contributed by atoms with van der Waals surface area (Å²) in [6.45, 7) is 10.9. The zero-order chi connectivity index (χ0) is 33.1. The molecular weight excluding hydrogens is 592 g/mol. The van der Waals surface area contributed by atoms with Crippen LogP contribution in [0.2, 0.25) is 0 Å². The van der Waals surface area contributed by atoms with E-state index in [0.717, 1.165) is 31.5 Å². The van der Waals surface area contributed by atoms with Gasteiger partial charge in [0.1, 0.15) is 6.04 Å². The van der Waals surface area contributed by atoms with E-state index in [1.54, 1.807) is 0 Å². The summed E-state index contributed by atoms with van der Waals surface area (Å²) in [5.41, 5.74) is 1.26. The molecule has 1 unspecified atom stereocenters. The summed E-state index contributed by atoms with van der Waals surface area (Å²) in [5.74, 6) is -1.03. The van der Waals surface area contributed by atoms with E-state index in [1.165, 1.54) is 35.5 Å². The van der Waals surface area contributed by atoms with Crippen LogP contribution in [0.25, 0.3) is 0 Å². The second kappa shape index (κ2) is 17.0. The molecule has 1 heterocycles. The number of benzene rings is 2. The smallest absolute Gasteiger partial charge is 0.243 e. The molecular formula is C34H50N4O6S. The first kappa shape index (κ1) is 36.3. The molecule has 0 aliphatic carbocycles. The highest BCUT2D eigenvalue weighted by Crippen LogP contribution is 2.20. The van der Waals surface area contributed by atoms with Gasteiger partial charge in [0, 0.05) is 18.7 Å². The summed E-state index contributed by atoms with van der Waals surface area (Å²) in [6.07, 6.45) is 1.74. The standard InChI is InChI=1S/C34H50N4O6S/c1-6-25(4)33(36-32(41)23-37-18-10-11-19-37)34(42)35-30(20-27-12-8-7-9-13-27)31(40)22-38(21-24(2)3)45(43,44)29-16-14-28(15-17-29)26(5)39/h7-9,12-17,24-25,30-31,33,40H,6,10-11,18-23H2,1-5H3,(H,35,42)(H,36,41)/t25?,30-,31+,33-/m0/s1. The van der Waals surface area contributed by atoms with Gasteiger partial charge in [-0.2, -0.15) is 4.31 Å². The lowest BCUT2D eigenvalue weighted by atomic mass is 9.96. The number of Topliss-reactive ketones (excluding diaryl/α,β-unsaturated/α-hetero) is 1. The molecule has 11 heteroatoms. The first-order chi connectivity index (χ1) is 21.3. The summed E-state index contributed by atoms with van der Waals surface area (Å²) in [5, 5.41) is 17.5. The van der Waals surface area contributed by atoms with Crippen molar-refractivity contribution >= 4 is 27.6 Å². The highest BCUT2D eigenvalue weighted by atomic mass is 32.2. The first-order valence-corrected chi connectivity index (χ1v) is 17.4. The summed E-state index contributed by atoms with van der Waals surface area (Å²) < 4.78 is 28.8. The summed E-state index contributed by atoms with van der Waals surface area (Å²) >= 11 is 0. The van der Waals surface area contributed by atoms with Crippen LogP contribution < -0.4 is 10.6 Å². The Morgan fingerprint density at radius 1 is 0.933 bits per heavy atom. The summed E-state index contributed by atoms with van der Waals surface area (Å²) in [4.78, 5) is 40.5. The second-order valence-corrected chi connectivity index (χ2v) is 14.5. The van der Waals surface area contributed by atoms with Gasteiger partial charge in [0.25, 0.3) is 0 Å². The van der Waals surface area contributed by atoms with Crippen LogP contribution in [0, 0.1) is 11.8 Å². The molecule has 1 aliphatic heterocycles. The zero-order valence-electron chi connectivity index (χ0n) is 27.2. The van der Waals surface area contributed by atoms with E-state index in [-0.39, 0.29) is 54.5 Å². The van der Waals surface area contributed by atoms with Crippen molar-refractivity contribution in [3.8, 4) is 0 Å². The minimum Gasteiger partial charge on any atom is -0.390 e. The van der Waals surface area contributed by atoms with Crippen LogP contribution in [0.15, 0.2) is 59.5 Å². The second-order valence-electron chi connectivity index (χ2n) is 12.6. The highest BCUT2D eigenvalue weighted by molar-refractivity contribution is 7.89. The van der Waals surface area contributed by atoms with Crippen LogP contribution in [0.5, 0.6) is 0 Å². The molecule has 0 spiro atoms. The lowest BCUT2D eigenvalue weighted by Gasteiger charge is -2.32. The third-order valence-corrected chi connectivity index (χ3v) is 10.2. The maximum absolute atomic E-state index is 13.8. The van der Waals surface area contributed by atoms with E-state index in [4.69, 9.17) is 0 Å². The van der Waals surface area contributed by atoms with Gasteiger partial charge in [0.15, 0.2) is 5.78 Å². The maximum atomic E-state index is 13.8. The summed E-state index contributed by atoms with van der Waals surface area (Å²) in [7, 11) is -4.04. The van der Waals surface area contributed by atoms with Gasteiger partial charge in [-0.3, -0.25) is 19.3 Å². The monoisotopic (exact) mass is 642 g/mol. The molecule has 2 aromatic rings. The Hall–Kier alpha value is -3.12. The van der Waals surface area contributed by atoms with Crippen molar-refractivity contribution < 1.29 is 27.9 Å². The van der Waals surface area contributed by atoms with E-state index in [1.807, 2.05) is 58.0 Å².